The number of hydrogen-bond acceptors (Lipinski definition) is 7. The number of carbonyl (C=O) groups is 1. The van der Waals surface area contributed by atoms with Crippen molar-refractivity contribution >= 4 is 66.6 Å². The highest BCUT2D eigenvalue weighted by atomic mass is 35.5. The molecule has 0 bridgehead atoms. The van der Waals surface area contributed by atoms with Gasteiger partial charge >= 0.3 is 0 Å². The van der Waals surface area contributed by atoms with Crippen LogP contribution in [0.25, 0.3) is 10.2 Å². The maximum Gasteiger partial charge on any atom is 0.260 e. The Morgan fingerprint density at radius 2 is 1.81 bits per heavy atom. The van der Waals surface area contributed by atoms with Crippen molar-refractivity contribution in [1.29, 1.82) is 0 Å². The number of aryl methyl sites for hydroxylation is 1. The normalized spacial score (nSPS) is 14.7. The molecule has 0 N–H and O–H groups in total. The number of rotatable bonds is 8. The third-order valence-corrected chi connectivity index (χ3v) is 8.97. The van der Waals surface area contributed by atoms with Gasteiger partial charge in [-0.2, -0.15) is 4.31 Å². The third kappa shape index (κ3) is 6.36. The highest BCUT2D eigenvalue weighted by Crippen LogP contribution is 2.34. The van der Waals surface area contributed by atoms with E-state index in [0.717, 1.165) is 28.7 Å². The lowest BCUT2D eigenvalue weighted by molar-refractivity contribution is 0.0730. The lowest BCUT2D eigenvalue weighted by Crippen LogP contribution is -2.40. The zero-order valence-electron chi connectivity index (χ0n) is 20.4. The van der Waals surface area contributed by atoms with Crippen LogP contribution in [0.4, 0.5) is 5.13 Å². The van der Waals surface area contributed by atoms with Crippen molar-refractivity contribution in [3.8, 4) is 0 Å². The quantitative estimate of drug-likeness (QED) is 0.400. The summed E-state index contributed by atoms with van der Waals surface area (Å²) in [6.45, 7) is 4.65. The molecule has 36 heavy (non-hydrogen) atoms. The zero-order valence-corrected chi connectivity index (χ0v) is 23.6. The average molecular weight is 574 g/mol. The van der Waals surface area contributed by atoms with Crippen LogP contribution >= 0.6 is 35.3 Å². The van der Waals surface area contributed by atoms with E-state index in [-0.39, 0.29) is 23.2 Å². The molecule has 1 aliphatic rings. The van der Waals surface area contributed by atoms with Gasteiger partial charge in [-0.1, -0.05) is 22.9 Å². The number of halogens is 2. The van der Waals surface area contributed by atoms with Crippen molar-refractivity contribution in [1.82, 2.24) is 14.2 Å². The number of aromatic nitrogens is 1. The van der Waals surface area contributed by atoms with Gasteiger partial charge in [-0.05, 0) is 75.9 Å². The van der Waals surface area contributed by atoms with E-state index in [1.807, 2.05) is 33.2 Å². The highest BCUT2D eigenvalue weighted by Gasteiger charge is 2.27. The molecule has 3 aromatic rings. The van der Waals surface area contributed by atoms with Crippen molar-refractivity contribution in [2.75, 3.05) is 58.4 Å². The van der Waals surface area contributed by atoms with E-state index >= 15 is 0 Å². The first-order valence-corrected chi connectivity index (χ1v) is 14.0. The Bertz CT molecular complexity index is 1310. The predicted octanol–water partition coefficient (Wildman–Crippen LogP) is 4.30. The van der Waals surface area contributed by atoms with Crippen molar-refractivity contribution in [3.05, 3.63) is 52.5 Å². The van der Waals surface area contributed by atoms with Crippen LogP contribution in [-0.4, -0.2) is 82.0 Å². The molecule has 0 unspecified atom stereocenters. The number of nitrogens with zero attached hydrogens (tertiary/aromatic N) is 4. The van der Waals surface area contributed by atoms with Gasteiger partial charge in [0.25, 0.3) is 5.91 Å². The summed E-state index contributed by atoms with van der Waals surface area (Å²) in [6, 6.07) is 9.86. The molecule has 1 fully saturated rings. The summed E-state index contributed by atoms with van der Waals surface area (Å²) < 4.78 is 33.5. The SMILES string of the molecule is Cc1cc(Cl)cc2sc(N(CCCN(C)C)C(=O)c3ccc(S(=O)(=O)N4CCOCC4)cc3)nc12.Cl. The number of benzene rings is 2. The number of anilines is 1. The second-order valence-corrected chi connectivity index (χ2v) is 12.1. The molecular formula is C24H30Cl2N4O4S2. The molecule has 0 aliphatic carbocycles. The van der Waals surface area contributed by atoms with Crippen LogP contribution in [0.15, 0.2) is 41.3 Å². The molecule has 196 valence electrons. The smallest absolute Gasteiger partial charge is 0.260 e. The maximum atomic E-state index is 13.6. The Labute approximate surface area is 227 Å². The fraction of sp³-hybridized carbons (Fsp3) is 0.417. The van der Waals surface area contributed by atoms with Crippen LogP contribution in [0, 0.1) is 6.92 Å². The Balaban J connectivity index is 0.00000361. The van der Waals surface area contributed by atoms with Gasteiger partial charge in [0.2, 0.25) is 10.0 Å². The molecule has 1 aromatic heterocycles. The largest absolute Gasteiger partial charge is 0.379 e. The maximum absolute atomic E-state index is 13.6. The Hall–Kier alpha value is -1.79. The summed E-state index contributed by atoms with van der Waals surface area (Å²) in [6.07, 6.45) is 0.762. The highest BCUT2D eigenvalue weighted by molar-refractivity contribution is 7.89. The average Bonchev–Trinajstić information content (AvgIpc) is 3.26. The number of ether oxygens (including phenoxy) is 1. The van der Waals surface area contributed by atoms with Gasteiger partial charge in [0, 0.05) is 30.2 Å². The molecule has 0 spiro atoms. The van der Waals surface area contributed by atoms with Gasteiger partial charge in [0.15, 0.2) is 5.13 Å². The summed E-state index contributed by atoms with van der Waals surface area (Å²) >= 11 is 7.65. The molecule has 0 saturated carbocycles. The van der Waals surface area contributed by atoms with E-state index < -0.39 is 10.0 Å². The van der Waals surface area contributed by atoms with E-state index in [1.165, 1.54) is 27.8 Å². The third-order valence-electron chi connectivity index (χ3n) is 5.81. The summed E-state index contributed by atoms with van der Waals surface area (Å²) in [5, 5.41) is 1.23. The molecule has 0 radical (unpaired) electrons. The van der Waals surface area contributed by atoms with E-state index in [4.69, 9.17) is 21.3 Å². The number of thiazole rings is 1. The van der Waals surface area contributed by atoms with Crippen molar-refractivity contribution < 1.29 is 17.9 Å². The second kappa shape index (κ2) is 12.2. The van der Waals surface area contributed by atoms with E-state index in [1.54, 1.807) is 17.0 Å². The minimum atomic E-state index is -3.63. The number of sulfonamides is 1. The van der Waals surface area contributed by atoms with E-state index in [9.17, 15) is 13.2 Å². The molecular weight excluding hydrogens is 543 g/mol. The summed E-state index contributed by atoms with van der Waals surface area (Å²) in [7, 11) is 0.351. The summed E-state index contributed by atoms with van der Waals surface area (Å²) in [4.78, 5) is 22.2. The van der Waals surface area contributed by atoms with Crippen LogP contribution in [-0.2, 0) is 14.8 Å². The fourth-order valence-corrected chi connectivity index (χ4v) is 6.80. The minimum Gasteiger partial charge on any atom is -0.379 e. The van der Waals surface area contributed by atoms with Crippen LogP contribution in [0.3, 0.4) is 0 Å². The number of hydrogen-bond donors (Lipinski definition) is 0. The fourth-order valence-electron chi connectivity index (χ4n) is 3.95. The molecule has 4 rings (SSSR count). The molecule has 8 nitrogen and oxygen atoms in total. The number of carbonyl (C=O) groups excluding carboxylic acids is 1. The van der Waals surface area contributed by atoms with Crippen molar-refractivity contribution in [2.45, 2.75) is 18.2 Å². The van der Waals surface area contributed by atoms with Crippen LogP contribution in [0.1, 0.15) is 22.3 Å². The Kier molecular flexibility index (Phi) is 9.73. The zero-order chi connectivity index (χ0) is 25.2. The summed E-state index contributed by atoms with van der Waals surface area (Å²) in [5.41, 5.74) is 2.19. The molecule has 1 aliphatic heterocycles. The van der Waals surface area contributed by atoms with E-state index in [0.29, 0.717) is 48.6 Å². The van der Waals surface area contributed by atoms with Crippen LogP contribution < -0.4 is 4.90 Å². The first kappa shape index (κ1) is 28.8. The van der Waals surface area contributed by atoms with Gasteiger partial charge in [-0.25, -0.2) is 13.4 Å². The van der Waals surface area contributed by atoms with E-state index in [2.05, 4.69) is 4.90 Å². The van der Waals surface area contributed by atoms with Gasteiger partial charge in [0.05, 0.1) is 28.3 Å². The topological polar surface area (TPSA) is 83.1 Å². The second-order valence-electron chi connectivity index (χ2n) is 8.72. The monoisotopic (exact) mass is 572 g/mol. The molecule has 2 heterocycles. The first-order valence-electron chi connectivity index (χ1n) is 11.4. The molecule has 0 atom stereocenters. The number of fused-ring (bicyclic) bond motifs is 1. The molecule has 2 aromatic carbocycles. The van der Waals surface area contributed by atoms with Crippen LogP contribution in [0.2, 0.25) is 5.02 Å². The predicted molar refractivity (Wildman–Crippen MR) is 147 cm³/mol. The van der Waals surface area contributed by atoms with Gasteiger partial charge < -0.3 is 9.64 Å². The summed E-state index contributed by atoms with van der Waals surface area (Å²) in [5.74, 6) is -0.220. The standard InChI is InChI=1S/C24H29ClN4O4S2.ClH/c1-17-15-19(25)16-21-22(17)26-24(34-21)29(10-4-9-27(2)3)23(30)18-5-7-20(8-6-18)35(31,32)28-11-13-33-14-12-28;/h5-8,15-16H,4,9-14H2,1-3H3;1H. The van der Waals surface area contributed by atoms with Gasteiger partial charge in [-0.15, -0.1) is 12.4 Å². The molecule has 1 saturated heterocycles. The lowest BCUT2D eigenvalue weighted by atomic mass is 10.2. The Morgan fingerprint density at radius 1 is 1.14 bits per heavy atom. The molecule has 12 heteroatoms. The first-order chi connectivity index (χ1) is 16.7. The van der Waals surface area contributed by atoms with Crippen molar-refractivity contribution in [2.24, 2.45) is 0 Å². The number of morpholine rings is 1. The van der Waals surface area contributed by atoms with Crippen molar-refractivity contribution in [3.63, 3.8) is 0 Å². The minimum absolute atomic E-state index is 0. The van der Waals surface area contributed by atoms with Gasteiger partial charge in [-0.3, -0.25) is 9.69 Å². The lowest BCUT2D eigenvalue weighted by Gasteiger charge is -2.26. The van der Waals surface area contributed by atoms with Crippen LogP contribution in [0.5, 0.6) is 0 Å². The number of amides is 1. The molecule has 1 amide bonds. The van der Waals surface area contributed by atoms with Gasteiger partial charge in [0.1, 0.15) is 0 Å². The Morgan fingerprint density at radius 3 is 2.44 bits per heavy atom.